The topological polar surface area (TPSA) is 70.0 Å². The lowest BCUT2D eigenvalue weighted by atomic mass is 9.97. The van der Waals surface area contributed by atoms with Gasteiger partial charge >= 0.3 is 0 Å². The summed E-state index contributed by atoms with van der Waals surface area (Å²) in [5.41, 5.74) is -1.04. The van der Waals surface area contributed by atoms with Crippen molar-refractivity contribution in [3.05, 3.63) is 29.6 Å². The molecule has 1 aromatic rings. The van der Waals surface area contributed by atoms with Crippen LogP contribution in [0.25, 0.3) is 0 Å². The van der Waals surface area contributed by atoms with Gasteiger partial charge in [-0.25, -0.2) is 26.3 Å². The molecular formula is C11H11F3N2O2S. The highest BCUT2D eigenvalue weighted by Gasteiger charge is 2.27. The summed E-state index contributed by atoms with van der Waals surface area (Å²) in [6.45, 7) is 2.57. The largest absolute Gasteiger partial charge is 0.246 e. The van der Waals surface area contributed by atoms with Crippen LogP contribution in [0.1, 0.15) is 13.8 Å². The second kappa shape index (κ2) is 5.19. The predicted molar refractivity (Wildman–Crippen MR) is 60.9 cm³/mol. The fourth-order valence-corrected chi connectivity index (χ4v) is 2.50. The maximum atomic E-state index is 13.3. The Kier molecular flexibility index (Phi) is 4.22. The molecule has 0 unspecified atom stereocenters. The maximum absolute atomic E-state index is 13.3. The van der Waals surface area contributed by atoms with Crippen molar-refractivity contribution in [3.8, 4) is 6.07 Å². The number of hydrogen-bond acceptors (Lipinski definition) is 3. The van der Waals surface area contributed by atoms with Gasteiger partial charge in [0, 0.05) is 18.7 Å². The molecular weight excluding hydrogens is 281 g/mol. The highest BCUT2D eigenvalue weighted by atomic mass is 32.2. The first-order valence-corrected chi connectivity index (χ1v) is 6.63. The van der Waals surface area contributed by atoms with E-state index in [-0.39, 0.29) is 18.7 Å². The quantitative estimate of drug-likeness (QED) is 0.922. The van der Waals surface area contributed by atoms with Crippen LogP contribution < -0.4 is 4.72 Å². The van der Waals surface area contributed by atoms with Crippen LogP contribution >= 0.6 is 0 Å². The van der Waals surface area contributed by atoms with E-state index in [1.54, 1.807) is 0 Å². The van der Waals surface area contributed by atoms with Crippen molar-refractivity contribution >= 4 is 10.0 Å². The molecule has 0 bridgehead atoms. The number of sulfonamides is 1. The Morgan fingerprint density at radius 3 is 2.16 bits per heavy atom. The average Bonchev–Trinajstić information content (AvgIpc) is 2.25. The summed E-state index contributed by atoms with van der Waals surface area (Å²) in [6, 6.07) is 2.37. The van der Waals surface area contributed by atoms with Crippen LogP contribution in [0.4, 0.5) is 13.2 Å². The Morgan fingerprint density at radius 2 is 1.74 bits per heavy atom. The molecule has 0 aliphatic rings. The van der Waals surface area contributed by atoms with Crippen molar-refractivity contribution in [2.75, 3.05) is 6.54 Å². The van der Waals surface area contributed by atoms with Gasteiger partial charge in [0.2, 0.25) is 10.0 Å². The minimum Gasteiger partial charge on any atom is -0.209 e. The lowest BCUT2D eigenvalue weighted by Gasteiger charge is -2.16. The van der Waals surface area contributed by atoms with E-state index in [1.807, 2.05) is 10.8 Å². The first kappa shape index (κ1) is 15.5. The summed E-state index contributed by atoms with van der Waals surface area (Å²) in [5.74, 6) is -4.27. The van der Waals surface area contributed by atoms with Crippen molar-refractivity contribution in [3.63, 3.8) is 0 Å². The van der Waals surface area contributed by atoms with Crippen molar-refractivity contribution < 1.29 is 21.6 Å². The van der Waals surface area contributed by atoms with Gasteiger partial charge in [-0.05, 0) is 13.8 Å². The number of nitrogens with zero attached hydrogens (tertiary/aromatic N) is 1. The second-order valence-corrected chi connectivity index (χ2v) is 6.22. The third kappa shape index (κ3) is 3.68. The molecule has 4 nitrogen and oxygen atoms in total. The monoisotopic (exact) mass is 292 g/mol. The molecule has 8 heteroatoms. The number of rotatable bonds is 4. The highest BCUT2D eigenvalue weighted by Crippen LogP contribution is 2.21. The number of benzene rings is 1. The third-order valence-corrected chi connectivity index (χ3v) is 3.69. The SMILES string of the molecule is CC(C)(C#N)CNS(=O)(=O)c1c(F)cc(F)cc1F. The Morgan fingerprint density at radius 1 is 1.26 bits per heavy atom. The maximum Gasteiger partial charge on any atom is 0.246 e. The smallest absolute Gasteiger partial charge is 0.209 e. The van der Waals surface area contributed by atoms with E-state index in [0.29, 0.717) is 0 Å². The van der Waals surface area contributed by atoms with Crippen LogP contribution in [0.15, 0.2) is 17.0 Å². The zero-order valence-corrected chi connectivity index (χ0v) is 11.0. The molecule has 1 rings (SSSR count). The van der Waals surface area contributed by atoms with Gasteiger partial charge in [-0.15, -0.1) is 0 Å². The van der Waals surface area contributed by atoms with Gasteiger partial charge in [0.25, 0.3) is 0 Å². The summed E-state index contributed by atoms with van der Waals surface area (Å²) in [6.07, 6.45) is 0. The molecule has 0 spiro atoms. The van der Waals surface area contributed by atoms with E-state index >= 15 is 0 Å². The minimum atomic E-state index is -4.50. The van der Waals surface area contributed by atoms with Crippen molar-refractivity contribution in [2.45, 2.75) is 18.7 Å². The lowest BCUT2D eigenvalue weighted by molar-refractivity contribution is 0.466. The van der Waals surface area contributed by atoms with Gasteiger partial charge < -0.3 is 0 Å². The van der Waals surface area contributed by atoms with Crippen LogP contribution in [0.3, 0.4) is 0 Å². The summed E-state index contributed by atoms with van der Waals surface area (Å²) >= 11 is 0. The average molecular weight is 292 g/mol. The Bertz CT molecular complexity index is 613. The van der Waals surface area contributed by atoms with Crippen molar-refractivity contribution in [1.29, 1.82) is 5.26 Å². The second-order valence-electron chi connectivity index (χ2n) is 4.52. The van der Waals surface area contributed by atoms with Gasteiger partial charge in [-0.2, -0.15) is 5.26 Å². The van der Waals surface area contributed by atoms with Crippen LogP contribution in [0, 0.1) is 34.2 Å². The van der Waals surface area contributed by atoms with Gasteiger partial charge in [0.15, 0.2) is 4.90 Å². The van der Waals surface area contributed by atoms with Gasteiger partial charge in [-0.1, -0.05) is 0 Å². The number of nitrogens with one attached hydrogen (secondary N) is 1. The summed E-state index contributed by atoms with van der Waals surface area (Å²) in [5, 5.41) is 8.72. The first-order chi connectivity index (χ1) is 8.59. The zero-order chi connectivity index (χ0) is 14.8. The third-order valence-electron chi connectivity index (χ3n) is 2.24. The van der Waals surface area contributed by atoms with Crippen molar-refractivity contribution in [1.82, 2.24) is 4.72 Å². The van der Waals surface area contributed by atoms with E-state index in [9.17, 15) is 21.6 Å². The Hall–Kier alpha value is -1.59. The molecule has 104 valence electrons. The normalized spacial score (nSPS) is 12.2. The molecule has 0 aliphatic carbocycles. The molecule has 0 atom stereocenters. The fourth-order valence-electron chi connectivity index (χ4n) is 1.17. The molecule has 0 fully saturated rings. The number of hydrogen-bond donors (Lipinski definition) is 1. The molecule has 0 radical (unpaired) electrons. The van der Waals surface area contributed by atoms with E-state index in [2.05, 4.69) is 0 Å². The van der Waals surface area contributed by atoms with Crippen LogP contribution in [-0.2, 0) is 10.0 Å². The summed E-state index contributed by atoms with van der Waals surface area (Å²) < 4.78 is 64.7. The van der Waals surface area contributed by atoms with Crippen molar-refractivity contribution in [2.24, 2.45) is 5.41 Å². The zero-order valence-electron chi connectivity index (χ0n) is 10.2. The molecule has 0 amide bonds. The van der Waals surface area contributed by atoms with Crippen LogP contribution in [0.2, 0.25) is 0 Å². The molecule has 0 heterocycles. The summed E-state index contributed by atoms with van der Waals surface area (Å²) in [4.78, 5) is -1.26. The molecule has 0 aromatic heterocycles. The number of halogens is 3. The van der Waals surface area contributed by atoms with Crippen LogP contribution in [0.5, 0.6) is 0 Å². The van der Waals surface area contributed by atoms with Gasteiger partial charge in [0.1, 0.15) is 17.5 Å². The number of nitriles is 1. The van der Waals surface area contributed by atoms with E-state index in [1.165, 1.54) is 13.8 Å². The first-order valence-electron chi connectivity index (χ1n) is 5.14. The molecule has 19 heavy (non-hydrogen) atoms. The van der Waals surface area contributed by atoms with Crippen LogP contribution in [-0.4, -0.2) is 15.0 Å². The predicted octanol–water partition coefficient (Wildman–Crippen LogP) is 1.93. The van der Waals surface area contributed by atoms with E-state index < -0.39 is 37.8 Å². The molecule has 0 saturated heterocycles. The molecule has 1 N–H and O–H groups in total. The summed E-state index contributed by atoms with van der Waals surface area (Å²) in [7, 11) is -4.50. The fraction of sp³-hybridized carbons (Fsp3) is 0.364. The standard InChI is InChI=1S/C11H11F3N2O2S/c1-11(2,5-15)6-16-19(17,18)10-8(13)3-7(12)4-9(10)14/h3-4,16H,6H2,1-2H3. The van der Waals surface area contributed by atoms with Gasteiger partial charge in [-0.3, -0.25) is 0 Å². The minimum absolute atomic E-state index is 0.271. The lowest BCUT2D eigenvalue weighted by Crippen LogP contribution is -2.34. The van der Waals surface area contributed by atoms with E-state index in [4.69, 9.17) is 5.26 Å². The Labute approximate surface area is 108 Å². The van der Waals surface area contributed by atoms with Gasteiger partial charge in [0.05, 0.1) is 11.5 Å². The van der Waals surface area contributed by atoms with E-state index in [0.717, 1.165) is 0 Å². The Balaban J connectivity index is 3.13. The molecule has 0 saturated carbocycles. The molecule has 1 aromatic carbocycles. The highest BCUT2D eigenvalue weighted by molar-refractivity contribution is 7.89. The molecule has 0 aliphatic heterocycles.